The van der Waals surface area contributed by atoms with Gasteiger partial charge in [-0.2, -0.15) is 0 Å². The van der Waals surface area contributed by atoms with Gasteiger partial charge in [-0.25, -0.2) is 8.78 Å². The molecule has 0 bridgehead atoms. The summed E-state index contributed by atoms with van der Waals surface area (Å²) in [5.74, 6) is -2.80. The first-order valence-electron chi connectivity index (χ1n) is 7.94. The smallest absolute Gasteiger partial charge is 0.306 e. The zero-order valence-corrected chi connectivity index (χ0v) is 12.6. The van der Waals surface area contributed by atoms with Crippen molar-refractivity contribution in [2.24, 2.45) is 11.8 Å². The summed E-state index contributed by atoms with van der Waals surface area (Å²) in [4.78, 5) is 23.1. The zero-order chi connectivity index (χ0) is 16.6. The zero-order valence-electron chi connectivity index (χ0n) is 12.6. The first kappa shape index (κ1) is 15.9. The summed E-state index contributed by atoms with van der Waals surface area (Å²) in [6.45, 7) is 0. The molecule has 0 radical (unpaired) electrons. The second-order valence-electron chi connectivity index (χ2n) is 6.51. The summed E-state index contributed by atoms with van der Waals surface area (Å²) < 4.78 is 26.9. The average molecular weight is 323 g/mol. The molecule has 3 rings (SSSR count). The van der Waals surface area contributed by atoms with Gasteiger partial charge in [-0.15, -0.1) is 0 Å². The molecule has 0 aromatic heterocycles. The van der Waals surface area contributed by atoms with Gasteiger partial charge in [-0.1, -0.05) is 0 Å². The summed E-state index contributed by atoms with van der Waals surface area (Å²) in [5.41, 5.74) is 0.264. The molecule has 23 heavy (non-hydrogen) atoms. The maximum atomic E-state index is 13.7. The number of carbonyl (C=O) groups is 2. The van der Waals surface area contributed by atoms with Crippen molar-refractivity contribution in [2.75, 3.05) is 0 Å². The number of benzene rings is 1. The standard InChI is InChI=1S/C17H19F2NO3/c18-10-3-6-15(19)13(7-10)12-8-14(12)16(21)20-11-4-1-9(2-5-11)17(22)23/h3,6-7,9,11-12,14H,1-2,4-5,8H2,(H,20,21)(H,22,23)/t9?,11?,12-,14+/m0/s1. The van der Waals surface area contributed by atoms with E-state index in [0.717, 1.165) is 18.2 Å². The van der Waals surface area contributed by atoms with Crippen molar-refractivity contribution in [1.29, 1.82) is 0 Å². The first-order chi connectivity index (χ1) is 11.0. The topological polar surface area (TPSA) is 66.4 Å². The predicted octanol–water partition coefficient (Wildman–Crippen LogP) is 2.83. The molecule has 0 heterocycles. The molecule has 2 aliphatic rings. The maximum Gasteiger partial charge on any atom is 0.306 e. The average Bonchev–Trinajstić information content (AvgIpc) is 3.31. The molecular weight excluding hydrogens is 304 g/mol. The minimum Gasteiger partial charge on any atom is -0.481 e. The van der Waals surface area contributed by atoms with E-state index < -0.39 is 17.6 Å². The normalized spacial score (nSPS) is 29.8. The van der Waals surface area contributed by atoms with E-state index in [1.54, 1.807) is 0 Å². The number of nitrogens with one attached hydrogen (secondary N) is 1. The molecule has 1 aromatic rings. The van der Waals surface area contributed by atoms with Crippen LogP contribution < -0.4 is 5.32 Å². The minimum absolute atomic E-state index is 0.0169. The number of rotatable bonds is 4. The van der Waals surface area contributed by atoms with Crippen LogP contribution in [0.15, 0.2) is 18.2 Å². The van der Waals surface area contributed by atoms with Crippen LogP contribution in [0.3, 0.4) is 0 Å². The van der Waals surface area contributed by atoms with E-state index in [1.165, 1.54) is 0 Å². The highest BCUT2D eigenvalue weighted by molar-refractivity contribution is 5.83. The van der Waals surface area contributed by atoms with E-state index in [1.807, 2.05) is 0 Å². The second kappa shape index (κ2) is 6.26. The Balaban J connectivity index is 1.53. The van der Waals surface area contributed by atoms with Crippen LogP contribution in [-0.4, -0.2) is 23.0 Å². The Bertz CT molecular complexity index is 626. The number of carboxylic acid groups (broad SMARTS) is 1. The van der Waals surface area contributed by atoms with Crippen LogP contribution in [0.5, 0.6) is 0 Å². The second-order valence-corrected chi connectivity index (χ2v) is 6.51. The Hall–Kier alpha value is -1.98. The molecule has 0 aliphatic heterocycles. The lowest BCUT2D eigenvalue weighted by molar-refractivity contribution is -0.142. The van der Waals surface area contributed by atoms with E-state index in [4.69, 9.17) is 5.11 Å². The van der Waals surface area contributed by atoms with Gasteiger partial charge in [-0.05, 0) is 61.8 Å². The number of hydrogen-bond donors (Lipinski definition) is 2. The Labute approximate surface area is 132 Å². The van der Waals surface area contributed by atoms with Gasteiger partial charge in [0.25, 0.3) is 0 Å². The summed E-state index contributed by atoms with van der Waals surface area (Å²) >= 11 is 0. The summed E-state index contributed by atoms with van der Waals surface area (Å²) in [6, 6.07) is 3.30. The number of carbonyl (C=O) groups excluding carboxylic acids is 1. The van der Waals surface area contributed by atoms with Crippen LogP contribution in [0.4, 0.5) is 8.78 Å². The third-order valence-electron chi connectivity index (χ3n) is 4.91. The first-order valence-corrected chi connectivity index (χ1v) is 7.94. The number of halogens is 2. The predicted molar refractivity (Wildman–Crippen MR) is 78.7 cm³/mol. The monoisotopic (exact) mass is 323 g/mol. The molecule has 2 aliphatic carbocycles. The van der Waals surface area contributed by atoms with Crippen molar-refractivity contribution in [2.45, 2.75) is 44.1 Å². The van der Waals surface area contributed by atoms with Gasteiger partial charge in [-0.3, -0.25) is 9.59 Å². The lowest BCUT2D eigenvalue weighted by Gasteiger charge is -2.26. The maximum absolute atomic E-state index is 13.7. The fraction of sp³-hybridized carbons (Fsp3) is 0.529. The van der Waals surface area contributed by atoms with Crippen LogP contribution in [-0.2, 0) is 9.59 Å². The van der Waals surface area contributed by atoms with Crippen molar-refractivity contribution >= 4 is 11.9 Å². The highest BCUT2D eigenvalue weighted by Gasteiger charge is 2.46. The summed E-state index contributed by atoms with van der Waals surface area (Å²) in [7, 11) is 0. The SMILES string of the molecule is O=C(O)C1CCC(NC(=O)[C@@H]2C[C@H]2c2cc(F)ccc2F)CC1. The fourth-order valence-electron chi connectivity index (χ4n) is 3.42. The molecule has 0 unspecified atom stereocenters. The molecule has 4 nitrogen and oxygen atoms in total. The van der Waals surface area contributed by atoms with E-state index in [-0.39, 0.29) is 35.3 Å². The third kappa shape index (κ3) is 3.51. The lowest BCUT2D eigenvalue weighted by Crippen LogP contribution is -2.39. The minimum atomic E-state index is -0.779. The Morgan fingerprint density at radius 1 is 1.13 bits per heavy atom. The number of aliphatic carboxylic acids is 1. The van der Waals surface area contributed by atoms with Crippen LogP contribution in [0.25, 0.3) is 0 Å². The summed E-state index contributed by atoms with van der Waals surface area (Å²) in [6.07, 6.45) is 2.94. The fourth-order valence-corrected chi connectivity index (χ4v) is 3.42. The molecule has 124 valence electrons. The molecule has 0 spiro atoms. The molecule has 1 amide bonds. The quantitative estimate of drug-likeness (QED) is 0.895. The highest BCUT2D eigenvalue weighted by atomic mass is 19.1. The van der Waals surface area contributed by atoms with Crippen LogP contribution in [0, 0.1) is 23.5 Å². The van der Waals surface area contributed by atoms with Gasteiger partial charge >= 0.3 is 5.97 Å². The molecule has 0 saturated heterocycles. The van der Waals surface area contributed by atoms with E-state index in [2.05, 4.69) is 5.32 Å². The molecule has 2 N–H and O–H groups in total. The Morgan fingerprint density at radius 3 is 2.48 bits per heavy atom. The molecule has 2 atom stereocenters. The van der Waals surface area contributed by atoms with Crippen LogP contribution in [0.2, 0.25) is 0 Å². The van der Waals surface area contributed by atoms with E-state index >= 15 is 0 Å². The van der Waals surface area contributed by atoms with Crippen LogP contribution in [0.1, 0.15) is 43.6 Å². The van der Waals surface area contributed by atoms with Crippen LogP contribution >= 0.6 is 0 Å². The lowest BCUT2D eigenvalue weighted by atomic mass is 9.86. The largest absolute Gasteiger partial charge is 0.481 e. The van der Waals surface area contributed by atoms with Crippen molar-refractivity contribution in [3.05, 3.63) is 35.4 Å². The number of hydrogen-bond acceptors (Lipinski definition) is 2. The van der Waals surface area contributed by atoms with E-state index in [9.17, 15) is 18.4 Å². The third-order valence-corrected chi connectivity index (χ3v) is 4.91. The molecule has 2 fully saturated rings. The Morgan fingerprint density at radius 2 is 1.83 bits per heavy atom. The molecule has 6 heteroatoms. The number of amides is 1. The van der Waals surface area contributed by atoms with Crippen molar-refractivity contribution in [3.8, 4) is 0 Å². The summed E-state index contributed by atoms with van der Waals surface area (Å²) in [5, 5.41) is 11.9. The van der Waals surface area contributed by atoms with Gasteiger partial charge in [0.2, 0.25) is 5.91 Å². The van der Waals surface area contributed by atoms with Gasteiger partial charge in [0.15, 0.2) is 0 Å². The van der Waals surface area contributed by atoms with Gasteiger partial charge in [0.05, 0.1) is 5.92 Å². The van der Waals surface area contributed by atoms with Gasteiger partial charge < -0.3 is 10.4 Å². The molecule has 1 aromatic carbocycles. The molecular formula is C17H19F2NO3. The number of carboxylic acids is 1. The molecule has 2 saturated carbocycles. The van der Waals surface area contributed by atoms with Crippen molar-refractivity contribution in [1.82, 2.24) is 5.32 Å². The van der Waals surface area contributed by atoms with Crippen molar-refractivity contribution < 1.29 is 23.5 Å². The van der Waals surface area contributed by atoms with Gasteiger partial charge in [0.1, 0.15) is 11.6 Å². The highest BCUT2D eigenvalue weighted by Crippen LogP contribution is 2.48. The van der Waals surface area contributed by atoms with Crippen molar-refractivity contribution in [3.63, 3.8) is 0 Å². The van der Waals surface area contributed by atoms with E-state index in [0.29, 0.717) is 32.1 Å². The van der Waals surface area contributed by atoms with Gasteiger partial charge in [0, 0.05) is 12.0 Å². The Kier molecular flexibility index (Phi) is 4.33.